The van der Waals surface area contributed by atoms with Crippen LogP contribution in [0.3, 0.4) is 0 Å². The lowest BCUT2D eigenvalue weighted by molar-refractivity contribution is -0.123. The van der Waals surface area contributed by atoms with Crippen LogP contribution < -0.4 is 5.32 Å². The molecule has 1 N–H and O–H groups in total. The third kappa shape index (κ3) is 3.64. The van der Waals surface area contributed by atoms with Crippen LogP contribution in [0.15, 0.2) is 35.4 Å². The molecule has 26 heavy (non-hydrogen) atoms. The molecule has 142 valence electrons. The van der Waals surface area contributed by atoms with Gasteiger partial charge in [0.05, 0.1) is 4.90 Å². The van der Waals surface area contributed by atoms with Crippen molar-refractivity contribution in [1.29, 1.82) is 0 Å². The highest BCUT2D eigenvalue weighted by atomic mass is 32.2. The van der Waals surface area contributed by atoms with E-state index >= 15 is 0 Å². The minimum Gasteiger partial charge on any atom is -0.354 e. The van der Waals surface area contributed by atoms with Gasteiger partial charge in [0.25, 0.3) is 0 Å². The average Bonchev–Trinajstić information content (AvgIpc) is 3.30. The van der Waals surface area contributed by atoms with Crippen molar-refractivity contribution in [3.8, 4) is 0 Å². The molecule has 1 saturated heterocycles. The third-order valence-corrected chi connectivity index (χ3v) is 6.92. The maximum Gasteiger partial charge on any atom is 0.243 e. The van der Waals surface area contributed by atoms with Crippen molar-refractivity contribution in [1.82, 2.24) is 14.2 Å². The highest BCUT2D eigenvalue weighted by Crippen LogP contribution is 2.26. The van der Waals surface area contributed by atoms with Gasteiger partial charge in [0, 0.05) is 36.7 Å². The Labute approximate surface area is 155 Å². The minimum atomic E-state index is -3.43. The molecular formula is C19H27N3O3S. The number of nitrogens with zero attached hydrogens (tertiary/aromatic N) is 2. The lowest BCUT2D eigenvalue weighted by Gasteiger charge is -2.17. The number of hydrogen-bond acceptors (Lipinski definition) is 3. The topological polar surface area (TPSA) is 71.4 Å². The van der Waals surface area contributed by atoms with Crippen molar-refractivity contribution < 1.29 is 13.2 Å². The first-order valence-electron chi connectivity index (χ1n) is 9.33. The van der Waals surface area contributed by atoms with Crippen LogP contribution in [0.4, 0.5) is 0 Å². The number of rotatable bonds is 7. The van der Waals surface area contributed by atoms with Crippen molar-refractivity contribution in [2.75, 3.05) is 19.6 Å². The van der Waals surface area contributed by atoms with E-state index < -0.39 is 10.0 Å². The first-order chi connectivity index (χ1) is 12.4. The zero-order chi connectivity index (χ0) is 18.7. The predicted octanol–water partition coefficient (Wildman–Crippen LogP) is 2.90. The summed E-state index contributed by atoms with van der Waals surface area (Å²) in [4.78, 5) is 12.6. The number of unbranched alkanes of at least 4 members (excludes halogenated alkanes) is 1. The number of aromatic nitrogens is 1. The third-order valence-electron chi connectivity index (χ3n) is 5.02. The molecule has 2 aromatic rings. The number of benzene rings is 1. The highest BCUT2D eigenvalue weighted by molar-refractivity contribution is 7.89. The van der Waals surface area contributed by atoms with Gasteiger partial charge in [-0.05, 0) is 50.5 Å². The summed E-state index contributed by atoms with van der Waals surface area (Å²) in [6.07, 6.45) is 5.68. The summed E-state index contributed by atoms with van der Waals surface area (Å²) >= 11 is 0. The number of carbonyl (C=O) groups excluding carboxylic acids is 1. The van der Waals surface area contributed by atoms with Crippen LogP contribution in [-0.2, 0) is 14.8 Å². The van der Waals surface area contributed by atoms with E-state index in [4.69, 9.17) is 0 Å². The van der Waals surface area contributed by atoms with Gasteiger partial charge in [-0.3, -0.25) is 4.79 Å². The number of carbonyl (C=O) groups is 1. The number of fused-ring (bicyclic) bond motifs is 1. The highest BCUT2D eigenvalue weighted by Gasteiger charge is 2.27. The fraction of sp³-hybridized carbons (Fsp3) is 0.526. The molecule has 1 amide bonds. The Kier molecular flexibility index (Phi) is 5.67. The van der Waals surface area contributed by atoms with Crippen molar-refractivity contribution in [3.63, 3.8) is 0 Å². The number of hydrogen-bond donors (Lipinski definition) is 1. The predicted molar refractivity (Wildman–Crippen MR) is 103 cm³/mol. The zero-order valence-corrected chi connectivity index (χ0v) is 16.3. The second kappa shape index (κ2) is 7.80. The second-order valence-corrected chi connectivity index (χ2v) is 8.81. The maximum absolute atomic E-state index is 12.7. The molecule has 1 aromatic heterocycles. The molecule has 1 fully saturated rings. The second-order valence-electron chi connectivity index (χ2n) is 6.88. The van der Waals surface area contributed by atoms with Crippen molar-refractivity contribution >= 4 is 26.8 Å². The normalized spacial score (nSPS) is 16.8. The summed E-state index contributed by atoms with van der Waals surface area (Å²) in [6, 6.07) is 6.68. The number of sulfonamides is 1. The lowest BCUT2D eigenvalue weighted by atomic mass is 10.2. The molecule has 3 rings (SSSR count). The largest absolute Gasteiger partial charge is 0.354 e. The first-order valence-corrected chi connectivity index (χ1v) is 10.8. The molecule has 2 heterocycles. The van der Waals surface area contributed by atoms with E-state index in [1.165, 1.54) is 0 Å². The maximum atomic E-state index is 12.7. The van der Waals surface area contributed by atoms with Gasteiger partial charge in [0.1, 0.15) is 6.04 Å². The molecule has 1 aliphatic heterocycles. The van der Waals surface area contributed by atoms with Crippen molar-refractivity contribution in [2.45, 2.75) is 50.5 Å². The van der Waals surface area contributed by atoms with E-state index in [0.717, 1.165) is 36.6 Å². The van der Waals surface area contributed by atoms with Gasteiger partial charge in [-0.15, -0.1) is 0 Å². The Balaban J connectivity index is 1.84. The van der Waals surface area contributed by atoms with Gasteiger partial charge in [-0.1, -0.05) is 13.3 Å². The van der Waals surface area contributed by atoms with Crippen LogP contribution in [0.25, 0.3) is 10.9 Å². The van der Waals surface area contributed by atoms with Crippen LogP contribution in [0, 0.1) is 0 Å². The molecule has 7 heteroatoms. The number of amides is 1. The van der Waals surface area contributed by atoms with E-state index in [9.17, 15) is 13.2 Å². The molecule has 1 aliphatic rings. The molecule has 1 atom stereocenters. The Bertz CT molecular complexity index is 883. The SMILES string of the molecule is CCCCNC(=O)C(C)n1ccc2cc(S(=O)(=O)N3CCCC3)ccc21. The van der Waals surface area contributed by atoms with E-state index in [-0.39, 0.29) is 11.9 Å². The van der Waals surface area contributed by atoms with E-state index in [1.807, 2.05) is 23.8 Å². The van der Waals surface area contributed by atoms with Crippen LogP contribution >= 0.6 is 0 Å². The minimum absolute atomic E-state index is 0.0234. The van der Waals surface area contributed by atoms with Gasteiger partial charge in [0.2, 0.25) is 15.9 Å². The molecule has 0 aliphatic carbocycles. The van der Waals surface area contributed by atoms with Crippen LogP contribution in [-0.4, -0.2) is 42.8 Å². The van der Waals surface area contributed by atoms with Crippen LogP contribution in [0.2, 0.25) is 0 Å². The van der Waals surface area contributed by atoms with Gasteiger partial charge in [-0.25, -0.2) is 8.42 Å². The van der Waals surface area contributed by atoms with Crippen LogP contribution in [0.5, 0.6) is 0 Å². The Morgan fingerprint density at radius 1 is 1.23 bits per heavy atom. The molecule has 0 bridgehead atoms. The smallest absolute Gasteiger partial charge is 0.243 e. The summed E-state index contributed by atoms with van der Waals surface area (Å²) in [6.45, 7) is 5.81. The van der Waals surface area contributed by atoms with E-state index in [2.05, 4.69) is 12.2 Å². The molecule has 0 radical (unpaired) electrons. The van der Waals surface area contributed by atoms with Crippen LogP contribution in [0.1, 0.15) is 45.6 Å². The fourth-order valence-corrected chi connectivity index (χ4v) is 4.93. The summed E-state index contributed by atoms with van der Waals surface area (Å²) in [5.41, 5.74) is 0.864. The van der Waals surface area contributed by atoms with Crippen molar-refractivity contribution in [3.05, 3.63) is 30.5 Å². The van der Waals surface area contributed by atoms with Gasteiger partial charge in [0.15, 0.2) is 0 Å². The zero-order valence-electron chi connectivity index (χ0n) is 15.4. The molecule has 1 unspecified atom stereocenters. The average molecular weight is 378 g/mol. The molecule has 1 aromatic carbocycles. The standard InChI is InChI=1S/C19H27N3O3S/c1-3-4-10-20-19(23)15(2)22-13-9-16-14-17(7-8-18(16)22)26(24,25)21-11-5-6-12-21/h7-9,13-15H,3-6,10-12H2,1-2H3,(H,20,23). The molecule has 0 saturated carbocycles. The molecular weight excluding hydrogens is 350 g/mol. The Hall–Kier alpha value is -1.86. The first kappa shape index (κ1) is 18.9. The summed E-state index contributed by atoms with van der Waals surface area (Å²) in [5, 5.41) is 3.78. The van der Waals surface area contributed by atoms with E-state index in [0.29, 0.717) is 24.5 Å². The fourth-order valence-electron chi connectivity index (χ4n) is 3.38. The Morgan fingerprint density at radius 2 is 1.96 bits per heavy atom. The Morgan fingerprint density at radius 3 is 2.65 bits per heavy atom. The van der Waals surface area contributed by atoms with Crippen molar-refractivity contribution in [2.24, 2.45) is 0 Å². The molecule has 6 nitrogen and oxygen atoms in total. The monoisotopic (exact) mass is 377 g/mol. The van der Waals surface area contributed by atoms with Gasteiger partial charge in [-0.2, -0.15) is 4.31 Å². The summed E-state index contributed by atoms with van der Waals surface area (Å²) in [5.74, 6) is -0.0234. The number of nitrogens with one attached hydrogen (secondary N) is 1. The van der Waals surface area contributed by atoms with Gasteiger partial charge >= 0.3 is 0 Å². The quantitative estimate of drug-likeness (QED) is 0.754. The van der Waals surface area contributed by atoms with E-state index in [1.54, 1.807) is 22.5 Å². The van der Waals surface area contributed by atoms with Gasteiger partial charge < -0.3 is 9.88 Å². The summed E-state index contributed by atoms with van der Waals surface area (Å²) < 4.78 is 28.9. The summed E-state index contributed by atoms with van der Waals surface area (Å²) in [7, 11) is -3.43. The molecule has 0 spiro atoms. The lowest BCUT2D eigenvalue weighted by Crippen LogP contribution is -2.31.